The molecular formula is C13H25NO5S. The van der Waals surface area contributed by atoms with Crippen LogP contribution in [0, 0.1) is 0 Å². The molecule has 1 aliphatic rings. The van der Waals surface area contributed by atoms with Crippen LogP contribution in [0.4, 0.5) is 4.79 Å². The first-order valence-corrected chi connectivity index (χ1v) is 8.74. The van der Waals surface area contributed by atoms with Gasteiger partial charge in [-0.05, 0) is 46.5 Å². The van der Waals surface area contributed by atoms with Gasteiger partial charge in [0.1, 0.15) is 5.60 Å². The minimum absolute atomic E-state index is 0.119. The Morgan fingerprint density at radius 2 is 2.00 bits per heavy atom. The second-order valence-corrected chi connectivity index (χ2v) is 7.78. The fourth-order valence-corrected chi connectivity index (χ4v) is 2.65. The molecule has 20 heavy (non-hydrogen) atoms. The summed E-state index contributed by atoms with van der Waals surface area (Å²) in [5.41, 5.74) is -0.496. The summed E-state index contributed by atoms with van der Waals surface area (Å²) in [6.45, 7) is 6.39. The van der Waals surface area contributed by atoms with E-state index in [1.807, 2.05) is 20.8 Å². The third-order valence-corrected chi connectivity index (χ3v) is 3.58. The van der Waals surface area contributed by atoms with Crippen LogP contribution in [0.3, 0.4) is 0 Å². The van der Waals surface area contributed by atoms with Crippen molar-refractivity contribution in [2.24, 2.45) is 0 Å². The monoisotopic (exact) mass is 307 g/mol. The van der Waals surface area contributed by atoms with Crippen molar-refractivity contribution >= 4 is 16.2 Å². The topological polar surface area (TPSA) is 72.9 Å². The van der Waals surface area contributed by atoms with Crippen molar-refractivity contribution in [2.45, 2.75) is 58.1 Å². The standard InChI is InChI=1S/C13H25NO5S/c1-13(2,3)19-12(15)14-9-5-7-11(14)8-6-10-18-20(4,16)17/h11H,5-10H2,1-4H3. The zero-order valence-electron chi connectivity index (χ0n) is 12.7. The molecule has 1 heterocycles. The molecule has 0 aliphatic carbocycles. The number of hydrogen-bond acceptors (Lipinski definition) is 5. The van der Waals surface area contributed by atoms with Gasteiger partial charge in [0, 0.05) is 12.6 Å². The van der Waals surface area contributed by atoms with Gasteiger partial charge in [-0.2, -0.15) is 8.42 Å². The third-order valence-electron chi connectivity index (χ3n) is 2.98. The van der Waals surface area contributed by atoms with E-state index in [0.29, 0.717) is 13.0 Å². The number of carbonyl (C=O) groups is 1. The second kappa shape index (κ2) is 6.76. The van der Waals surface area contributed by atoms with Crippen LogP contribution in [0.15, 0.2) is 0 Å². The molecule has 1 atom stereocenters. The van der Waals surface area contributed by atoms with Crippen molar-refractivity contribution in [3.63, 3.8) is 0 Å². The highest BCUT2D eigenvalue weighted by atomic mass is 32.2. The highest BCUT2D eigenvalue weighted by Gasteiger charge is 2.31. The number of rotatable bonds is 5. The van der Waals surface area contributed by atoms with Crippen LogP contribution in [0.1, 0.15) is 46.5 Å². The largest absolute Gasteiger partial charge is 0.444 e. The normalized spacial score (nSPS) is 20.2. The van der Waals surface area contributed by atoms with Gasteiger partial charge < -0.3 is 9.64 Å². The summed E-state index contributed by atoms with van der Waals surface area (Å²) in [6, 6.07) is 0.119. The summed E-state index contributed by atoms with van der Waals surface area (Å²) in [5, 5.41) is 0. The van der Waals surface area contributed by atoms with Gasteiger partial charge >= 0.3 is 6.09 Å². The van der Waals surface area contributed by atoms with Gasteiger partial charge in [-0.1, -0.05) is 0 Å². The molecule has 0 N–H and O–H groups in total. The number of likely N-dealkylation sites (tertiary alicyclic amines) is 1. The maximum atomic E-state index is 12.0. The van der Waals surface area contributed by atoms with Gasteiger partial charge in [0.15, 0.2) is 0 Å². The minimum atomic E-state index is -3.38. The number of ether oxygens (including phenoxy) is 1. The molecule has 1 amide bonds. The molecule has 1 aliphatic heterocycles. The molecule has 0 aromatic rings. The van der Waals surface area contributed by atoms with Gasteiger partial charge in [0.05, 0.1) is 12.9 Å². The first-order chi connectivity index (χ1) is 9.08. The Hall–Kier alpha value is -0.820. The molecule has 0 spiro atoms. The van der Waals surface area contributed by atoms with Gasteiger partial charge in [0.25, 0.3) is 10.1 Å². The van der Waals surface area contributed by atoms with E-state index in [-0.39, 0.29) is 18.7 Å². The van der Waals surface area contributed by atoms with Gasteiger partial charge in [-0.15, -0.1) is 0 Å². The Bertz CT molecular complexity index is 427. The van der Waals surface area contributed by atoms with Crippen LogP contribution in [0.2, 0.25) is 0 Å². The Morgan fingerprint density at radius 3 is 2.55 bits per heavy atom. The lowest BCUT2D eigenvalue weighted by Crippen LogP contribution is -2.39. The lowest BCUT2D eigenvalue weighted by Gasteiger charge is -2.28. The zero-order valence-corrected chi connectivity index (χ0v) is 13.5. The van der Waals surface area contributed by atoms with Gasteiger partial charge in [-0.3, -0.25) is 4.18 Å². The van der Waals surface area contributed by atoms with E-state index in [0.717, 1.165) is 25.5 Å². The molecule has 1 rings (SSSR count). The summed E-state index contributed by atoms with van der Waals surface area (Å²) in [4.78, 5) is 13.8. The quantitative estimate of drug-likeness (QED) is 0.575. The van der Waals surface area contributed by atoms with E-state index < -0.39 is 15.7 Å². The van der Waals surface area contributed by atoms with Crippen molar-refractivity contribution in [2.75, 3.05) is 19.4 Å². The van der Waals surface area contributed by atoms with E-state index in [4.69, 9.17) is 8.92 Å². The zero-order chi connectivity index (χ0) is 15.4. The van der Waals surface area contributed by atoms with E-state index in [1.54, 1.807) is 4.90 Å². The van der Waals surface area contributed by atoms with E-state index in [2.05, 4.69) is 0 Å². The summed E-state index contributed by atoms with van der Waals surface area (Å²) >= 11 is 0. The number of carbonyl (C=O) groups excluding carboxylic acids is 1. The van der Waals surface area contributed by atoms with Crippen molar-refractivity contribution in [3.8, 4) is 0 Å². The summed E-state index contributed by atoms with van der Waals surface area (Å²) < 4.78 is 31.8. The minimum Gasteiger partial charge on any atom is -0.444 e. The van der Waals surface area contributed by atoms with Crippen molar-refractivity contribution in [1.82, 2.24) is 4.90 Å². The van der Waals surface area contributed by atoms with Gasteiger partial charge in [0.2, 0.25) is 0 Å². The average Bonchev–Trinajstić information content (AvgIpc) is 2.68. The molecule has 118 valence electrons. The predicted molar refractivity (Wildman–Crippen MR) is 76.0 cm³/mol. The number of amides is 1. The first kappa shape index (κ1) is 17.2. The van der Waals surface area contributed by atoms with E-state index >= 15 is 0 Å². The molecule has 0 saturated carbocycles. The molecule has 6 nitrogen and oxygen atoms in total. The predicted octanol–water partition coefficient (Wildman–Crippen LogP) is 2.14. The lowest BCUT2D eigenvalue weighted by molar-refractivity contribution is 0.0216. The second-order valence-electron chi connectivity index (χ2n) is 6.14. The molecule has 0 radical (unpaired) electrons. The van der Waals surface area contributed by atoms with Crippen LogP contribution in [-0.4, -0.2) is 50.5 Å². The third kappa shape index (κ3) is 6.56. The highest BCUT2D eigenvalue weighted by Crippen LogP contribution is 2.24. The molecule has 0 bridgehead atoms. The molecule has 7 heteroatoms. The average molecular weight is 307 g/mol. The van der Waals surface area contributed by atoms with Crippen molar-refractivity contribution < 1.29 is 22.1 Å². The summed E-state index contributed by atoms with van der Waals surface area (Å²) in [6.07, 6.45) is 3.97. The molecule has 1 saturated heterocycles. The van der Waals surface area contributed by atoms with E-state index in [1.165, 1.54) is 0 Å². The van der Waals surface area contributed by atoms with Crippen LogP contribution in [-0.2, 0) is 19.0 Å². The summed E-state index contributed by atoms with van der Waals surface area (Å²) in [5.74, 6) is 0. The van der Waals surface area contributed by atoms with Crippen LogP contribution in [0.25, 0.3) is 0 Å². The van der Waals surface area contributed by atoms with Crippen LogP contribution in [0.5, 0.6) is 0 Å². The Morgan fingerprint density at radius 1 is 1.35 bits per heavy atom. The fourth-order valence-electron chi connectivity index (χ4n) is 2.23. The number of hydrogen-bond donors (Lipinski definition) is 0. The van der Waals surface area contributed by atoms with E-state index in [9.17, 15) is 13.2 Å². The summed E-state index contributed by atoms with van der Waals surface area (Å²) in [7, 11) is -3.38. The maximum absolute atomic E-state index is 12.0. The van der Waals surface area contributed by atoms with Crippen molar-refractivity contribution in [3.05, 3.63) is 0 Å². The Balaban J connectivity index is 2.39. The SMILES string of the molecule is CC(C)(C)OC(=O)N1CCCC1CCCOS(C)(=O)=O. The Labute approximate surface area is 121 Å². The molecule has 1 unspecified atom stereocenters. The maximum Gasteiger partial charge on any atom is 0.410 e. The smallest absolute Gasteiger partial charge is 0.410 e. The molecule has 0 aromatic carbocycles. The fraction of sp³-hybridized carbons (Fsp3) is 0.923. The highest BCUT2D eigenvalue weighted by molar-refractivity contribution is 7.85. The Kier molecular flexibility index (Phi) is 5.82. The van der Waals surface area contributed by atoms with Crippen molar-refractivity contribution in [1.29, 1.82) is 0 Å². The van der Waals surface area contributed by atoms with Crippen LogP contribution < -0.4 is 0 Å². The number of nitrogens with zero attached hydrogens (tertiary/aromatic N) is 1. The molecule has 0 aromatic heterocycles. The molecule has 1 fully saturated rings. The van der Waals surface area contributed by atoms with Crippen LogP contribution >= 0.6 is 0 Å². The lowest BCUT2D eigenvalue weighted by atomic mass is 10.1. The first-order valence-electron chi connectivity index (χ1n) is 6.92. The molecular weight excluding hydrogens is 282 g/mol. The van der Waals surface area contributed by atoms with Gasteiger partial charge in [-0.25, -0.2) is 4.79 Å².